The lowest BCUT2D eigenvalue weighted by Gasteiger charge is -2.07. The molecule has 0 bridgehead atoms. The van der Waals surface area contributed by atoms with Crippen molar-refractivity contribution in [3.05, 3.63) is 29.6 Å². The van der Waals surface area contributed by atoms with Gasteiger partial charge in [0, 0.05) is 0 Å². The quantitative estimate of drug-likeness (QED) is 0.781. The maximum Gasteiger partial charge on any atom is 0.121 e. The zero-order valence-electron chi connectivity index (χ0n) is 11.5. The zero-order valence-corrected chi connectivity index (χ0v) is 11.5. The van der Waals surface area contributed by atoms with E-state index in [1.54, 1.807) is 6.07 Å². The highest BCUT2D eigenvalue weighted by atomic mass is 15.0. The first-order valence-electron chi connectivity index (χ1n) is 6.82. The third kappa shape index (κ3) is 3.55. The van der Waals surface area contributed by atoms with Gasteiger partial charge in [-0.3, -0.25) is 0 Å². The highest BCUT2D eigenvalue weighted by Gasteiger charge is 2.04. The number of hydrogen-bond donors (Lipinski definition) is 2. The van der Waals surface area contributed by atoms with Gasteiger partial charge in [0.2, 0.25) is 0 Å². The number of fused-ring (bicyclic) bond motifs is 1. The fourth-order valence-corrected chi connectivity index (χ4v) is 1.98. The van der Waals surface area contributed by atoms with E-state index in [1.165, 1.54) is 12.8 Å². The summed E-state index contributed by atoms with van der Waals surface area (Å²) in [4.78, 5) is 7.75. The molecule has 2 aromatic rings. The lowest BCUT2D eigenvalue weighted by atomic mass is 10.1. The van der Waals surface area contributed by atoms with Crippen molar-refractivity contribution < 1.29 is 0 Å². The van der Waals surface area contributed by atoms with Crippen LogP contribution < -0.4 is 5.32 Å². The van der Waals surface area contributed by atoms with Crippen molar-refractivity contribution in [2.75, 3.05) is 6.54 Å². The zero-order chi connectivity index (χ0) is 13.7. The minimum absolute atomic E-state index is 0.660. The van der Waals surface area contributed by atoms with E-state index < -0.39 is 0 Å². The topological polar surface area (TPSA) is 64.5 Å². The van der Waals surface area contributed by atoms with Crippen LogP contribution in [-0.4, -0.2) is 16.5 Å². The van der Waals surface area contributed by atoms with Gasteiger partial charge in [0.15, 0.2) is 0 Å². The van der Waals surface area contributed by atoms with Crippen LogP contribution in [0.25, 0.3) is 11.0 Å². The van der Waals surface area contributed by atoms with Gasteiger partial charge >= 0.3 is 0 Å². The molecule has 0 saturated carbocycles. The van der Waals surface area contributed by atoms with Gasteiger partial charge < -0.3 is 10.3 Å². The van der Waals surface area contributed by atoms with Crippen molar-refractivity contribution in [2.45, 2.75) is 33.2 Å². The van der Waals surface area contributed by atoms with Crippen LogP contribution in [0.5, 0.6) is 0 Å². The van der Waals surface area contributed by atoms with Crippen molar-refractivity contribution in [1.82, 2.24) is 15.3 Å². The summed E-state index contributed by atoms with van der Waals surface area (Å²) in [5.74, 6) is 1.69. The van der Waals surface area contributed by atoms with E-state index in [4.69, 9.17) is 5.26 Å². The Balaban J connectivity index is 1.93. The van der Waals surface area contributed by atoms with E-state index in [1.807, 2.05) is 12.1 Å². The normalized spacial score (nSPS) is 12.5. The highest BCUT2D eigenvalue weighted by Crippen LogP contribution is 2.13. The summed E-state index contributed by atoms with van der Waals surface area (Å²) in [6, 6.07) is 7.65. The second kappa shape index (κ2) is 6.35. The van der Waals surface area contributed by atoms with E-state index in [9.17, 15) is 0 Å². The molecular weight excluding hydrogens is 236 g/mol. The van der Waals surface area contributed by atoms with Gasteiger partial charge in [-0.05, 0) is 37.1 Å². The standard InChI is InChI=1S/C15H20N4/c1-3-11(2)6-7-17-10-15-18-13-5-4-12(9-16)8-14(13)19-15/h4-5,8,11,17H,3,6-7,10H2,1-2H3,(H,18,19). The smallest absolute Gasteiger partial charge is 0.121 e. The Hall–Kier alpha value is -1.86. The number of nitrogens with one attached hydrogen (secondary N) is 2. The summed E-state index contributed by atoms with van der Waals surface area (Å²) >= 11 is 0. The molecule has 2 rings (SSSR count). The van der Waals surface area contributed by atoms with Crippen molar-refractivity contribution in [1.29, 1.82) is 5.26 Å². The van der Waals surface area contributed by atoms with Crippen LogP contribution in [0.1, 0.15) is 38.1 Å². The summed E-state index contributed by atoms with van der Waals surface area (Å²) < 4.78 is 0. The van der Waals surface area contributed by atoms with Gasteiger partial charge in [0.05, 0.1) is 29.2 Å². The Labute approximate surface area is 113 Å². The van der Waals surface area contributed by atoms with Crippen molar-refractivity contribution in [2.24, 2.45) is 5.92 Å². The molecule has 1 heterocycles. The van der Waals surface area contributed by atoms with E-state index >= 15 is 0 Å². The first kappa shape index (κ1) is 13.6. The van der Waals surface area contributed by atoms with E-state index in [2.05, 4.69) is 35.2 Å². The molecule has 0 fully saturated rings. The molecule has 1 atom stereocenters. The number of imidazole rings is 1. The van der Waals surface area contributed by atoms with E-state index in [0.29, 0.717) is 5.56 Å². The molecule has 0 aliphatic rings. The summed E-state index contributed by atoms with van der Waals surface area (Å²) in [5.41, 5.74) is 2.50. The Morgan fingerprint density at radius 1 is 1.47 bits per heavy atom. The number of benzene rings is 1. The van der Waals surface area contributed by atoms with Crippen LogP contribution in [0.3, 0.4) is 0 Å². The van der Waals surface area contributed by atoms with E-state index in [-0.39, 0.29) is 0 Å². The molecule has 4 heteroatoms. The molecule has 0 amide bonds. The maximum absolute atomic E-state index is 8.86. The van der Waals surface area contributed by atoms with Crippen LogP contribution in [0, 0.1) is 17.2 Å². The summed E-state index contributed by atoms with van der Waals surface area (Å²) in [6.07, 6.45) is 2.42. The molecule has 100 valence electrons. The molecule has 19 heavy (non-hydrogen) atoms. The van der Waals surface area contributed by atoms with Crippen LogP contribution in [0.15, 0.2) is 18.2 Å². The lowest BCUT2D eigenvalue weighted by molar-refractivity contribution is 0.485. The third-order valence-corrected chi connectivity index (χ3v) is 3.46. The van der Waals surface area contributed by atoms with Crippen molar-refractivity contribution in [3.63, 3.8) is 0 Å². The van der Waals surface area contributed by atoms with Gasteiger partial charge in [-0.15, -0.1) is 0 Å². The minimum atomic E-state index is 0.660. The number of rotatable bonds is 6. The lowest BCUT2D eigenvalue weighted by Crippen LogP contribution is -2.17. The number of hydrogen-bond acceptors (Lipinski definition) is 3. The summed E-state index contributed by atoms with van der Waals surface area (Å²) in [5, 5.41) is 12.3. The Morgan fingerprint density at radius 2 is 2.32 bits per heavy atom. The molecular formula is C15H20N4. The number of nitrogens with zero attached hydrogens (tertiary/aromatic N) is 2. The maximum atomic E-state index is 8.86. The number of aromatic nitrogens is 2. The Bertz CT molecular complexity index is 579. The molecule has 0 saturated heterocycles. The largest absolute Gasteiger partial charge is 0.341 e. The first-order chi connectivity index (χ1) is 9.22. The number of H-pyrrole nitrogens is 1. The predicted molar refractivity (Wildman–Crippen MR) is 76.6 cm³/mol. The number of nitriles is 1. The highest BCUT2D eigenvalue weighted by molar-refractivity contribution is 5.76. The first-order valence-corrected chi connectivity index (χ1v) is 6.82. The van der Waals surface area contributed by atoms with Crippen LogP contribution in [0.4, 0.5) is 0 Å². The molecule has 1 aromatic carbocycles. The van der Waals surface area contributed by atoms with Crippen molar-refractivity contribution in [3.8, 4) is 6.07 Å². The molecule has 0 aliphatic carbocycles. The second-order valence-corrected chi connectivity index (χ2v) is 5.01. The average molecular weight is 256 g/mol. The minimum Gasteiger partial charge on any atom is -0.341 e. The van der Waals surface area contributed by atoms with Crippen LogP contribution >= 0.6 is 0 Å². The van der Waals surface area contributed by atoms with Crippen molar-refractivity contribution >= 4 is 11.0 Å². The van der Waals surface area contributed by atoms with Crippen LogP contribution in [-0.2, 0) is 6.54 Å². The molecule has 0 radical (unpaired) electrons. The van der Waals surface area contributed by atoms with Gasteiger partial charge in [0.1, 0.15) is 5.82 Å². The summed E-state index contributed by atoms with van der Waals surface area (Å²) in [7, 11) is 0. The summed E-state index contributed by atoms with van der Waals surface area (Å²) in [6.45, 7) is 6.24. The molecule has 0 spiro atoms. The second-order valence-electron chi connectivity index (χ2n) is 5.01. The van der Waals surface area contributed by atoms with Gasteiger partial charge in [0.25, 0.3) is 0 Å². The predicted octanol–water partition coefficient (Wildman–Crippen LogP) is 2.96. The average Bonchev–Trinajstić information content (AvgIpc) is 2.84. The Morgan fingerprint density at radius 3 is 3.05 bits per heavy atom. The van der Waals surface area contributed by atoms with Gasteiger partial charge in [-0.2, -0.15) is 5.26 Å². The number of aromatic amines is 1. The van der Waals surface area contributed by atoms with Crippen LogP contribution in [0.2, 0.25) is 0 Å². The molecule has 1 unspecified atom stereocenters. The van der Waals surface area contributed by atoms with Gasteiger partial charge in [-0.1, -0.05) is 20.3 Å². The monoisotopic (exact) mass is 256 g/mol. The third-order valence-electron chi connectivity index (χ3n) is 3.46. The molecule has 2 N–H and O–H groups in total. The fourth-order valence-electron chi connectivity index (χ4n) is 1.98. The Kier molecular flexibility index (Phi) is 4.53. The molecule has 4 nitrogen and oxygen atoms in total. The van der Waals surface area contributed by atoms with Gasteiger partial charge in [-0.25, -0.2) is 4.98 Å². The SMILES string of the molecule is CCC(C)CCNCc1nc2ccc(C#N)cc2[nH]1. The fraction of sp³-hybridized carbons (Fsp3) is 0.467. The molecule has 0 aliphatic heterocycles. The van der Waals surface area contributed by atoms with E-state index in [0.717, 1.165) is 35.9 Å². The molecule has 1 aromatic heterocycles.